The Kier molecular flexibility index (Phi) is 2.99. The smallest absolute Gasteiger partial charge is 0.259 e. The Morgan fingerprint density at radius 2 is 1.86 bits per heavy atom. The molecule has 1 aromatic carbocycles. The van der Waals surface area contributed by atoms with E-state index in [0.29, 0.717) is 12.1 Å². The van der Waals surface area contributed by atoms with Gasteiger partial charge in [0.1, 0.15) is 22.8 Å². The molecule has 1 fully saturated rings. The molecule has 0 saturated carbocycles. The summed E-state index contributed by atoms with van der Waals surface area (Å²) < 4.78 is 0. The maximum Gasteiger partial charge on any atom is 0.259 e. The molecule has 0 radical (unpaired) electrons. The van der Waals surface area contributed by atoms with Crippen LogP contribution in [0.3, 0.4) is 0 Å². The monoisotopic (exact) mass is 301 g/mol. The fourth-order valence-electron chi connectivity index (χ4n) is 3.07. The summed E-state index contributed by atoms with van der Waals surface area (Å²) in [5, 5.41) is 29.9. The van der Waals surface area contributed by atoms with Crippen LogP contribution in [-0.4, -0.2) is 38.2 Å². The minimum atomic E-state index is -0.806. The zero-order valence-electron chi connectivity index (χ0n) is 12.8. The predicted molar refractivity (Wildman–Crippen MR) is 82.1 cm³/mol. The van der Waals surface area contributed by atoms with Crippen molar-refractivity contribution in [1.29, 1.82) is 0 Å². The summed E-state index contributed by atoms with van der Waals surface area (Å²) in [5.74, 6) is -0.489. The molecule has 3 rings (SSSR count). The van der Waals surface area contributed by atoms with Gasteiger partial charge in [0.15, 0.2) is 0 Å². The van der Waals surface area contributed by atoms with Crippen molar-refractivity contribution in [3.63, 3.8) is 0 Å². The molecule has 1 amide bonds. The number of likely N-dealkylation sites (tertiary alicyclic amines) is 1. The van der Waals surface area contributed by atoms with Gasteiger partial charge in [0.05, 0.1) is 5.56 Å². The molecule has 1 aliphatic heterocycles. The van der Waals surface area contributed by atoms with Crippen molar-refractivity contribution < 1.29 is 20.1 Å². The van der Waals surface area contributed by atoms with E-state index in [1.807, 2.05) is 19.9 Å². The lowest BCUT2D eigenvalue weighted by atomic mass is 9.81. The molecule has 0 spiro atoms. The fourth-order valence-corrected chi connectivity index (χ4v) is 3.07. The number of aliphatic hydroxyl groups is 1. The molecule has 1 saturated heterocycles. The van der Waals surface area contributed by atoms with E-state index in [1.54, 1.807) is 13.0 Å². The number of rotatable bonds is 2. The van der Waals surface area contributed by atoms with Crippen molar-refractivity contribution in [2.45, 2.75) is 32.2 Å². The Bertz CT molecular complexity index is 718. The van der Waals surface area contributed by atoms with Crippen LogP contribution in [0.1, 0.15) is 42.6 Å². The molecule has 0 unspecified atom stereocenters. The average molecular weight is 301 g/mol. The molecule has 5 nitrogen and oxygen atoms in total. The highest BCUT2D eigenvalue weighted by molar-refractivity contribution is 5.99. The zero-order valence-corrected chi connectivity index (χ0v) is 12.8. The first-order valence-corrected chi connectivity index (χ1v) is 7.25. The van der Waals surface area contributed by atoms with Crippen LogP contribution < -0.4 is 0 Å². The van der Waals surface area contributed by atoms with E-state index in [0.717, 1.165) is 5.57 Å². The number of carbonyl (C=O) groups excluding carboxylic acids is 1. The van der Waals surface area contributed by atoms with Gasteiger partial charge in [-0.05, 0) is 36.1 Å². The highest BCUT2D eigenvalue weighted by Gasteiger charge is 2.53. The number of amides is 1. The largest absolute Gasteiger partial charge is 0.509 e. The number of fused-ring (bicyclic) bond motifs is 1. The molecule has 0 aromatic heterocycles. The molecule has 0 bridgehead atoms. The van der Waals surface area contributed by atoms with Crippen LogP contribution in [0.2, 0.25) is 0 Å². The lowest BCUT2D eigenvalue weighted by Gasteiger charge is -2.50. The highest BCUT2D eigenvalue weighted by atomic mass is 16.3. The third kappa shape index (κ3) is 1.75. The van der Waals surface area contributed by atoms with Gasteiger partial charge >= 0.3 is 0 Å². The van der Waals surface area contributed by atoms with Crippen LogP contribution in [0.4, 0.5) is 0 Å². The normalized spacial score (nSPS) is 23.0. The Morgan fingerprint density at radius 3 is 2.45 bits per heavy atom. The van der Waals surface area contributed by atoms with Gasteiger partial charge in [-0.15, -0.1) is 0 Å². The average Bonchev–Trinajstić information content (AvgIpc) is 2.63. The van der Waals surface area contributed by atoms with Gasteiger partial charge in [-0.25, -0.2) is 0 Å². The summed E-state index contributed by atoms with van der Waals surface area (Å²) in [6.45, 7) is 6.00. The third-order valence-corrected chi connectivity index (χ3v) is 4.68. The van der Waals surface area contributed by atoms with Gasteiger partial charge in [0, 0.05) is 12.6 Å². The van der Waals surface area contributed by atoms with E-state index in [2.05, 4.69) is 0 Å². The van der Waals surface area contributed by atoms with Crippen molar-refractivity contribution in [3.05, 3.63) is 46.7 Å². The molecular weight excluding hydrogens is 282 g/mol. The lowest BCUT2D eigenvalue weighted by Crippen LogP contribution is -2.62. The van der Waals surface area contributed by atoms with E-state index in [1.165, 1.54) is 17.0 Å². The molecule has 3 N–H and O–H groups in total. The second-order valence-corrected chi connectivity index (χ2v) is 6.29. The summed E-state index contributed by atoms with van der Waals surface area (Å²) in [7, 11) is 0. The molecule has 22 heavy (non-hydrogen) atoms. The Balaban J connectivity index is 1.99. The van der Waals surface area contributed by atoms with Crippen molar-refractivity contribution in [2.24, 2.45) is 0 Å². The van der Waals surface area contributed by atoms with Crippen LogP contribution in [0.5, 0.6) is 11.5 Å². The molecule has 116 valence electrons. The van der Waals surface area contributed by atoms with Crippen LogP contribution in [-0.2, 0) is 0 Å². The lowest BCUT2D eigenvalue weighted by molar-refractivity contribution is 0.0399. The van der Waals surface area contributed by atoms with Gasteiger partial charge < -0.3 is 20.2 Å². The minimum Gasteiger partial charge on any atom is -0.509 e. The molecule has 1 aromatic rings. The first-order chi connectivity index (χ1) is 10.3. The van der Waals surface area contributed by atoms with Crippen LogP contribution in [0, 0.1) is 0 Å². The van der Waals surface area contributed by atoms with Crippen LogP contribution in [0.15, 0.2) is 35.6 Å². The second-order valence-electron chi connectivity index (χ2n) is 6.29. The number of aromatic hydroxyl groups is 2. The molecule has 5 heteroatoms. The van der Waals surface area contributed by atoms with Gasteiger partial charge in [-0.1, -0.05) is 19.9 Å². The van der Waals surface area contributed by atoms with E-state index in [4.69, 9.17) is 0 Å². The summed E-state index contributed by atoms with van der Waals surface area (Å²) in [5.41, 5.74) is 0.912. The number of hydrogen-bond donors (Lipinski definition) is 3. The first-order valence-electron chi connectivity index (χ1n) is 7.25. The topological polar surface area (TPSA) is 81.0 Å². The van der Waals surface area contributed by atoms with E-state index in [-0.39, 0.29) is 34.6 Å². The minimum absolute atomic E-state index is 0.0226. The van der Waals surface area contributed by atoms with Gasteiger partial charge in [-0.3, -0.25) is 4.79 Å². The van der Waals surface area contributed by atoms with Crippen molar-refractivity contribution >= 4 is 5.91 Å². The Labute approximate surface area is 128 Å². The van der Waals surface area contributed by atoms with Crippen LogP contribution in [0.25, 0.3) is 0 Å². The van der Waals surface area contributed by atoms with Crippen LogP contribution >= 0.6 is 0 Å². The summed E-state index contributed by atoms with van der Waals surface area (Å²) in [4.78, 5) is 14.3. The number of aliphatic hydroxyl groups excluding tert-OH is 1. The zero-order chi connectivity index (χ0) is 16.2. The maximum atomic E-state index is 12.7. The quantitative estimate of drug-likeness (QED) is 0.784. The number of phenolic OH excluding ortho intramolecular Hbond substituents is 2. The second kappa shape index (κ2) is 4.53. The summed E-state index contributed by atoms with van der Waals surface area (Å²) in [6, 6.07) is 2.73. The number of allylic oxidation sites excluding steroid dienone is 2. The molecule has 2 aliphatic rings. The fraction of sp³-hybridized carbons (Fsp3) is 0.353. The summed E-state index contributed by atoms with van der Waals surface area (Å²) in [6.07, 6.45) is 3.41. The first kappa shape index (κ1) is 14.5. The number of hydrogen-bond acceptors (Lipinski definition) is 4. The number of benzene rings is 1. The summed E-state index contributed by atoms with van der Waals surface area (Å²) >= 11 is 0. The molecule has 1 atom stereocenters. The molecule has 1 heterocycles. The van der Waals surface area contributed by atoms with Gasteiger partial charge in [0.25, 0.3) is 5.91 Å². The van der Waals surface area contributed by atoms with Gasteiger partial charge in [-0.2, -0.15) is 0 Å². The van der Waals surface area contributed by atoms with Crippen molar-refractivity contribution in [1.82, 2.24) is 4.90 Å². The highest BCUT2D eigenvalue weighted by Crippen LogP contribution is 2.46. The molecule has 1 aliphatic carbocycles. The Morgan fingerprint density at radius 1 is 1.18 bits per heavy atom. The predicted octanol–water partition coefficient (Wildman–Crippen LogP) is 2.82. The molecular formula is C17H19NO4. The van der Waals surface area contributed by atoms with Crippen molar-refractivity contribution in [2.75, 3.05) is 6.54 Å². The third-order valence-electron chi connectivity index (χ3n) is 4.68. The number of nitrogens with zero attached hydrogens (tertiary/aromatic N) is 1. The Hall–Kier alpha value is -2.43. The van der Waals surface area contributed by atoms with E-state index < -0.39 is 5.54 Å². The standard InChI is InChI=1S/C17H19NO4/c1-9(2)11-6-12(14(20)7-13(11)19)16(22)18-8-10-4-5-15(21)17(10,18)3/h4-7,9,19-21H,8H2,1-3H3/t17-/m0/s1. The van der Waals surface area contributed by atoms with E-state index >= 15 is 0 Å². The van der Waals surface area contributed by atoms with Crippen molar-refractivity contribution in [3.8, 4) is 11.5 Å². The van der Waals surface area contributed by atoms with Gasteiger partial charge in [0.2, 0.25) is 0 Å². The number of carbonyl (C=O) groups is 1. The SMILES string of the molecule is CC(C)c1cc(C(=O)N2CC3=CC=C(O)[C@]32C)c(O)cc1O. The van der Waals surface area contributed by atoms with E-state index in [9.17, 15) is 20.1 Å². The maximum absolute atomic E-state index is 12.7. The number of phenols is 2.